The number of benzene rings is 2. The number of hydrogen-bond donors (Lipinski definition) is 3. The van der Waals surface area contributed by atoms with Crippen molar-refractivity contribution in [2.24, 2.45) is 5.92 Å². The highest BCUT2D eigenvalue weighted by Crippen LogP contribution is 2.27. The average Bonchev–Trinajstić information content (AvgIpc) is 2.80. The quantitative estimate of drug-likeness (QED) is 0.483. The van der Waals surface area contributed by atoms with Gasteiger partial charge >= 0.3 is 11.9 Å². The number of aliphatic carboxylic acids is 2. The van der Waals surface area contributed by atoms with Crippen molar-refractivity contribution in [3.05, 3.63) is 72.3 Å². The van der Waals surface area contributed by atoms with Gasteiger partial charge in [0.25, 0.3) is 0 Å². The first-order valence-electron chi connectivity index (χ1n) is 11.2. The number of hydrogen-bond acceptors (Lipinski definition) is 5. The molecule has 7 heteroatoms. The Bertz CT molecular complexity index is 877. The summed E-state index contributed by atoms with van der Waals surface area (Å²) < 4.78 is 6.16. The molecule has 0 aliphatic carbocycles. The molecule has 0 aromatic heterocycles. The van der Waals surface area contributed by atoms with E-state index in [-0.39, 0.29) is 0 Å². The Morgan fingerprint density at radius 3 is 2.15 bits per heavy atom. The van der Waals surface area contributed by atoms with Crippen LogP contribution in [0.2, 0.25) is 0 Å². The van der Waals surface area contributed by atoms with Gasteiger partial charge in [-0.25, -0.2) is 9.59 Å². The van der Waals surface area contributed by atoms with Crippen molar-refractivity contribution in [1.29, 1.82) is 0 Å². The normalized spacial score (nSPS) is 14.2. The van der Waals surface area contributed by atoms with Crippen molar-refractivity contribution >= 4 is 11.9 Å². The molecule has 0 bridgehead atoms. The van der Waals surface area contributed by atoms with Crippen LogP contribution in [-0.2, 0) is 16.1 Å². The predicted molar refractivity (Wildman–Crippen MR) is 129 cm³/mol. The van der Waals surface area contributed by atoms with Crippen LogP contribution in [0, 0.1) is 5.92 Å². The summed E-state index contributed by atoms with van der Waals surface area (Å²) in [5.41, 5.74) is 1.27. The molecule has 178 valence electrons. The van der Waals surface area contributed by atoms with Crippen molar-refractivity contribution < 1.29 is 24.5 Å². The standard InChI is InChI=1S/C22H30N2O.C4H4O4/c1-18(2)16-24(20-12-14-23-15-13-20)17-19-8-6-7-11-22(19)25-21-9-4-3-5-10-21;5-3(6)1-2-4(7)8/h3-11,18,20,23H,12-17H2,1-2H3;1-2H,(H,5,6)(H,7,8)/b;2-1+. The van der Waals surface area contributed by atoms with Crippen LogP contribution in [0.25, 0.3) is 0 Å². The zero-order valence-corrected chi connectivity index (χ0v) is 19.3. The van der Waals surface area contributed by atoms with Gasteiger partial charge < -0.3 is 20.3 Å². The van der Waals surface area contributed by atoms with E-state index in [2.05, 4.69) is 48.3 Å². The molecular formula is C26H34N2O5. The number of carbonyl (C=O) groups is 2. The number of piperidine rings is 1. The number of nitrogens with one attached hydrogen (secondary N) is 1. The van der Waals surface area contributed by atoms with E-state index in [0.717, 1.165) is 37.7 Å². The van der Waals surface area contributed by atoms with Crippen LogP contribution in [0.5, 0.6) is 11.5 Å². The highest BCUT2D eigenvalue weighted by Gasteiger charge is 2.22. The van der Waals surface area contributed by atoms with Gasteiger partial charge in [-0.05, 0) is 50.0 Å². The van der Waals surface area contributed by atoms with Crippen molar-refractivity contribution in [2.45, 2.75) is 39.3 Å². The number of carboxylic acid groups (broad SMARTS) is 2. The molecule has 3 rings (SSSR count). The highest BCUT2D eigenvalue weighted by molar-refractivity contribution is 5.89. The summed E-state index contributed by atoms with van der Waals surface area (Å²) >= 11 is 0. The van der Waals surface area contributed by atoms with E-state index in [1.807, 2.05) is 30.3 Å². The fourth-order valence-corrected chi connectivity index (χ4v) is 3.69. The lowest BCUT2D eigenvalue weighted by molar-refractivity contribution is -0.134. The Kier molecular flexibility index (Phi) is 11.1. The van der Waals surface area contributed by atoms with Gasteiger partial charge in [0.15, 0.2) is 0 Å². The Balaban J connectivity index is 0.000000414. The van der Waals surface area contributed by atoms with Gasteiger partial charge in [0.05, 0.1) is 0 Å². The van der Waals surface area contributed by atoms with Gasteiger partial charge in [-0.1, -0.05) is 50.2 Å². The van der Waals surface area contributed by atoms with E-state index in [4.69, 9.17) is 14.9 Å². The first-order chi connectivity index (χ1) is 15.8. The van der Waals surface area contributed by atoms with Gasteiger partial charge in [0.2, 0.25) is 0 Å². The Morgan fingerprint density at radius 1 is 1.00 bits per heavy atom. The SMILES string of the molecule is CC(C)CN(Cc1ccccc1Oc1ccccc1)C1CCNCC1.O=C(O)/C=C/C(=O)O. The molecule has 7 nitrogen and oxygen atoms in total. The smallest absolute Gasteiger partial charge is 0.328 e. The van der Waals surface area contributed by atoms with E-state index in [1.165, 1.54) is 18.4 Å². The topological polar surface area (TPSA) is 99.1 Å². The van der Waals surface area contributed by atoms with Crippen LogP contribution in [0.1, 0.15) is 32.3 Å². The maximum atomic E-state index is 9.55. The number of nitrogens with zero attached hydrogens (tertiary/aromatic N) is 1. The van der Waals surface area contributed by atoms with Crippen LogP contribution in [0.3, 0.4) is 0 Å². The fraction of sp³-hybridized carbons (Fsp3) is 0.385. The third kappa shape index (κ3) is 10.3. The molecule has 0 unspecified atom stereocenters. The minimum absolute atomic E-state index is 0.558. The monoisotopic (exact) mass is 454 g/mol. The van der Waals surface area contributed by atoms with Gasteiger partial charge in [0, 0.05) is 36.8 Å². The molecule has 1 saturated heterocycles. The van der Waals surface area contributed by atoms with Crippen molar-refractivity contribution in [3.8, 4) is 11.5 Å². The van der Waals surface area contributed by atoms with Crippen LogP contribution in [0.4, 0.5) is 0 Å². The Hall–Kier alpha value is -3.16. The molecule has 2 aromatic rings. The van der Waals surface area contributed by atoms with E-state index in [0.29, 0.717) is 24.1 Å². The predicted octanol–water partition coefficient (Wildman–Crippen LogP) is 4.40. The third-order valence-corrected chi connectivity index (χ3v) is 5.11. The first kappa shape index (κ1) is 26.1. The maximum absolute atomic E-state index is 9.55. The Morgan fingerprint density at radius 2 is 1.58 bits per heavy atom. The van der Waals surface area contributed by atoms with Crippen LogP contribution in [-0.4, -0.2) is 52.7 Å². The van der Waals surface area contributed by atoms with E-state index in [9.17, 15) is 9.59 Å². The maximum Gasteiger partial charge on any atom is 0.328 e. The summed E-state index contributed by atoms with van der Waals surface area (Å²) in [5, 5.41) is 19.1. The molecule has 0 amide bonds. The zero-order valence-electron chi connectivity index (χ0n) is 19.3. The molecule has 1 aliphatic heterocycles. The lowest BCUT2D eigenvalue weighted by Gasteiger charge is -2.36. The number of rotatable bonds is 9. The van der Waals surface area contributed by atoms with Gasteiger partial charge in [-0.2, -0.15) is 0 Å². The van der Waals surface area contributed by atoms with E-state index < -0.39 is 11.9 Å². The van der Waals surface area contributed by atoms with Gasteiger partial charge in [-0.3, -0.25) is 4.90 Å². The second-order valence-electron chi connectivity index (χ2n) is 8.34. The largest absolute Gasteiger partial charge is 0.478 e. The Labute approximate surface area is 195 Å². The van der Waals surface area contributed by atoms with Crippen LogP contribution >= 0.6 is 0 Å². The third-order valence-electron chi connectivity index (χ3n) is 5.11. The lowest BCUT2D eigenvalue weighted by atomic mass is 10.0. The van der Waals surface area contributed by atoms with E-state index in [1.54, 1.807) is 0 Å². The molecule has 33 heavy (non-hydrogen) atoms. The van der Waals surface area contributed by atoms with Gasteiger partial charge in [-0.15, -0.1) is 0 Å². The molecule has 1 fully saturated rings. The second kappa shape index (κ2) is 14.1. The second-order valence-corrected chi connectivity index (χ2v) is 8.34. The lowest BCUT2D eigenvalue weighted by Crippen LogP contribution is -2.44. The molecule has 3 N–H and O–H groups in total. The minimum Gasteiger partial charge on any atom is -0.478 e. The molecule has 1 aliphatic rings. The molecule has 0 spiro atoms. The van der Waals surface area contributed by atoms with Crippen molar-refractivity contribution in [3.63, 3.8) is 0 Å². The molecule has 0 atom stereocenters. The molecule has 2 aromatic carbocycles. The zero-order chi connectivity index (χ0) is 24.1. The molecule has 1 heterocycles. The molecule has 0 radical (unpaired) electrons. The highest BCUT2D eigenvalue weighted by atomic mass is 16.5. The van der Waals surface area contributed by atoms with Crippen LogP contribution in [0.15, 0.2) is 66.7 Å². The summed E-state index contributed by atoms with van der Waals surface area (Å²) in [6.45, 7) is 8.94. The average molecular weight is 455 g/mol. The summed E-state index contributed by atoms with van der Waals surface area (Å²) in [7, 11) is 0. The fourth-order valence-electron chi connectivity index (χ4n) is 3.69. The summed E-state index contributed by atoms with van der Waals surface area (Å²) in [4.78, 5) is 21.8. The molecule has 0 saturated carbocycles. The molecular weight excluding hydrogens is 420 g/mol. The number of para-hydroxylation sites is 2. The first-order valence-corrected chi connectivity index (χ1v) is 11.2. The number of ether oxygens (including phenoxy) is 1. The summed E-state index contributed by atoms with van der Waals surface area (Å²) in [5.74, 6) is 0.0144. The summed E-state index contributed by atoms with van der Waals surface area (Å²) in [6.07, 6.45) is 3.58. The van der Waals surface area contributed by atoms with Crippen molar-refractivity contribution in [2.75, 3.05) is 19.6 Å². The van der Waals surface area contributed by atoms with Crippen LogP contribution < -0.4 is 10.1 Å². The van der Waals surface area contributed by atoms with E-state index >= 15 is 0 Å². The minimum atomic E-state index is -1.26. The van der Waals surface area contributed by atoms with Crippen molar-refractivity contribution in [1.82, 2.24) is 10.2 Å². The number of carboxylic acids is 2. The summed E-state index contributed by atoms with van der Waals surface area (Å²) in [6, 6.07) is 19.2. The van der Waals surface area contributed by atoms with Gasteiger partial charge in [0.1, 0.15) is 11.5 Å².